The molecule has 0 aromatic heterocycles. The number of amides is 1. The molecule has 9 heteroatoms. The smallest absolute Gasteiger partial charge is 0.343 e. The van der Waals surface area contributed by atoms with E-state index in [0.29, 0.717) is 31.2 Å². The van der Waals surface area contributed by atoms with Crippen LogP contribution in [0.4, 0.5) is 10.1 Å². The third kappa shape index (κ3) is 5.08. The number of thiocarbonyl (C=S) groups is 1. The van der Waals surface area contributed by atoms with Gasteiger partial charge in [-0.15, -0.1) is 0 Å². The highest BCUT2D eigenvalue weighted by atomic mass is 35.5. The van der Waals surface area contributed by atoms with Crippen molar-refractivity contribution >= 4 is 63.5 Å². The van der Waals surface area contributed by atoms with Gasteiger partial charge in [-0.2, -0.15) is 0 Å². The van der Waals surface area contributed by atoms with Crippen molar-refractivity contribution in [2.45, 2.75) is 0 Å². The predicted octanol–water partition coefficient (Wildman–Crippen LogP) is 6.11. The number of halogens is 2. The van der Waals surface area contributed by atoms with Crippen LogP contribution in [0.1, 0.15) is 15.9 Å². The number of carbonyl (C=O) groups is 2. The Bertz CT molecular complexity index is 1290. The number of benzene rings is 3. The van der Waals surface area contributed by atoms with E-state index in [2.05, 4.69) is 0 Å². The largest absolute Gasteiger partial charge is 0.493 e. The summed E-state index contributed by atoms with van der Waals surface area (Å²) >= 11 is 12.6. The van der Waals surface area contributed by atoms with E-state index in [0.717, 1.165) is 0 Å². The van der Waals surface area contributed by atoms with Crippen LogP contribution in [0.2, 0.25) is 5.02 Å². The number of rotatable bonds is 5. The Balaban J connectivity index is 1.56. The van der Waals surface area contributed by atoms with Crippen molar-refractivity contribution in [3.63, 3.8) is 0 Å². The highest BCUT2D eigenvalue weighted by Crippen LogP contribution is 2.38. The van der Waals surface area contributed by atoms with Gasteiger partial charge in [0.25, 0.3) is 5.91 Å². The number of thioether (sulfide) groups is 1. The van der Waals surface area contributed by atoms with Gasteiger partial charge in [-0.25, -0.2) is 9.18 Å². The van der Waals surface area contributed by atoms with Crippen LogP contribution in [0.3, 0.4) is 0 Å². The summed E-state index contributed by atoms with van der Waals surface area (Å²) < 4.78 is 24.2. The number of esters is 1. The molecule has 1 saturated heterocycles. The first kappa shape index (κ1) is 23.0. The Morgan fingerprint density at radius 3 is 2.55 bits per heavy atom. The van der Waals surface area contributed by atoms with Crippen molar-refractivity contribution < 1.29 is 23.5 Å². The second-order valence-electron chi connectivity index (χ2n) is 6.80. The summed E-state index contributed by atoms with van der Waals surface area (Å²) in [7, 11) is 1.44. The van der Waals surface area contributed by atoms with E-state index < -0.39 is 11.8 Å². The number of hydrogen-bond acceptors (Lipinski definition) is 6. The van der Waals surface area contributed by atoms with E-state index in [-0.39, 0.29) is 17.2 Å². The van der Waals surface area contributed by atoms with Gasteiger partial charge in [-0.1, -0.05) is 47.7 Å². The molecule has 1 aliphatic heterocycles. The molecule has 3 aromatic carbocycles. The van der Waals surface area contributed by atoms with Gasteiger partial charge in [0.1, 0.15) is 5.82 Å². The average molecular weight is 500 g/mol. The summed E-state index contributed by atoms with van der Waals surface area (Å²) in [5, 5.41) is 0.501. The topological polar surface area (TPSA) is 55.8 Å². The molecule has 0 aliphatic carbocycles. The molecule has 1 heterocycles. The molecule has 0 atom stereocenters. The lowest BCUT2D eigenvalue weighted by Crippen LogP contribution is -2.27. The SMILES string of the molecule is COc1cc(C=C2SC(=S)N(c3cccc(Cl)c3)C2=O)ccc1OC(=O)c1ccc(F)cc1. The molecular weight excluding hydrogens is 485 g/mol. The maximum Gasteiger partial charge on any atom is 0.343 e. The van der Waals surface area contributed by atoms with Crippen LogP contribution >= 0.6 is 35.6 Å². The summed E-state index contributed by atoms with van der Waals surface area (Å²) in [5.41, 5.74) is 1.45. The first-order valence-electron chi connectivity index (χ1n) is 9.55. The van der Waals surface area contributed by atoms with E-state index in [9.17, 15) is 14.0 Å². The first-order valence-corrected chi connectivity index (χ1v) is 11.2. The highest BCUT2D eigenvalue weighted by Gasteiger charge is 2.33. The second kappa shape index (κ2) is 9.74. The molecule has 5 nitrogen and oxygen atoms in total. The van der Waals surface area contributed by atoms with Crippen LogP contribution in [-0.4, -0.2) is 23.3 Å². The van der Waals surface area contributed by atoms with Crippen molar-refractivity contribution in [1.82, 2.24) is 0 Å². The Labute approximate surface area is 203 Å². The van der Waals surface area contributed by atoms with E-state index in [1.807, 2.05) is 0 Å². The normalized spacial score (nSPS) is 14.6. The summed E-state index contributed by atoms with van der Waals surface area (Å²) in [6, 6.07) is 16.8. The minimum atomic E-state index is -0.650. The van der Waals surface area contributed by atoms with Crippen molar-refractivity contribution in [2.75, 3.05) is 12.0 Å². The molecule has 0 bridgehead atoms. The third-order valence-electron chi connectivity index (χ3n) is 4.63. The Kier molecular flexibility index (Phi) is 6.78. The molecule has 166 valence electrons. The molecule has 33 heavy (non-hydrogen) atoms. The number of methoxy groups -OCH3 is 1. The van der Waals surface area contributed by atoms with E-state index in [1.165, 1.54) is 48.0 Å². The number of anilines is 1. The lowest BCUT2D eigenvalue weighted by atomic mass is 10.1. The molecule has 1 fully saturated rings. The minimum absolute atomic E-state index is 0.190. The van der Waals surface area contributed by atoms with E-state index in [1.54, 1.807) is 48.5 Å². The molecule has 3 aromatic rings. The zero-order valence-corrected chi connectivity index (χ0v) is 19.5. The van der Waals surface area contributed by atoms with Gasteiger partial charge >= 0.3 is 5.97 Å². The maximum absolute atomic E-state index is 13.1. The number of carbonyl (C=O) groups excluding carboxylic acids is 2. The molecule has 1 amide bonds. The Morgan fingerprint density at radius 2 is 1.85 bits per heavy atom. The molecule has 4 rings (SSSR count). The number of nitrogens with zero attached hydrogens (tertiary/aromatic N) is 1. The second-order valence-corrected chi connectivity index (χ2v) is 8.92. The molecular formula is C24H15ClFNO4S2. The van der Waals surface area contributed by atoms with Gasteiger partial charge in [0.2, 0.25) is 0 Å². The zero-order valence-electron chi connectivity index (χ0n) is 17.1. The van der Waals surface area contributed by atoms with Crippen LogP contribution in [-0.2, 0) is 4.79 Å². The van der Waals surface area contributed by atoms with Crippen LogP contribution in [0, 0.1) is 5.82 Å². The molecule has 0 saturated carbocycles. The number of hydrogen-bond donors (Lipinski definition) is 0. The molecule has 0 N–H and O–H groups in total. The Hall–Kier alpha value is -3.20. The summed E-state index contributed by atoms with van der Waals surface area (Å²) in [4.78, 5) is 27.2. The van der Waals surface area contributed by atoms with Gasteiger partial charge in [-0.3, -0.25) is 9.69 Å². The van der Waals surface area contributed by atoms with Crippen molar-refractivity contribution in [2.24, 2.45) is 0 Å². The van der Waals surface area contributed by atoms with E-state index in [4.69, 9.17) is 33.3 Å². The fourth-order valence-electron chi connectivity index (χ4n) is 3.06. The van der Waals surface area contributed by atoms with Crippen LogP contribution in [0.15, 0.2) is 71.6 Å². The molecule has 0 spiro atoms. The fourth-order valence-corrected chi connectivity index (χ4v) is 4.54. The average Bonchev–Trinajstić information content (AvgIpc) is 3.07. The minimum Gasteiger partial charge on any atom is -0.493 e. The van der Waals surface area contributed by atoms with Crippen LogP contribution < -0.4 is 14.4 Å². The monoisotopic (exact) mass is 499 g/mol. The van der Waals surface area contributed by atoms with Gasteiger partial charge in [0.05, 0.1) is 23.3 Å². The quantitative estimate of drug-likeness (QED) is 0.183. The molecule has 0 unspecified atom stereocenters. The van der Waals surface area contributed by atoms with Gasteiger partial charge < -0.3 is 9.47 Å². The van der Waals surface area contributed by atoms with Crippen molar-refractivity contribution in [3.8, 4) is 11.5 Å². The highest BCUT2D eigenvalue weighted by molar-refractivity contribution is 8.27. The van der Waals surface area contributed by atoms with Crippen molar-refractivity contribution in [1.29, 1.82) is 0 Å². The fraction of sp³-hybridized carbons (Fsp3) is 0.0417. The summed E-state index contributed by atoms with van der Waals surface area (Å²) in [6.07, 6.45) is 1.68. The van der Waals surface area contributed by atoms with Gasteiger partial charge in [0, 0.05) is 5.02 Å². The number of ether oxygens (including phenoxy) is 2. The summed E-state index contributed by atoms with van der Waals surface area (Å²) in [6.45, 7) is 0. The lowest BCUT2D eigenvalue weighted by Gasteiger charge is -2.14. The van der Waals surface area contributed by atoms with Crippen LogP contribution in [0.5, 0.6) is 11.5 Å². The Morgan fingerprint density at radius 1 is 1.09 bits per heavy atom. The summed E-state index contributed by atoms with van der Waals surface area (Å²) in [5.74, 6) is -0.879. The van der Waals surface area contributed by atoms with E-state index >= 15 is 0 Å². The maximum atomic E-state index is 13.1. The van der Waals surface area contributed by atoms with Crippen LogP contribution in [0.25, 0.3) is 6.08 Å². The first-order chi connectivity index (χ1) is 15.9. The van der Waals surface area contributed by atoms with Gasteiger partial charge in [-0.05, 0) is 66.2 Å². The standard InChI is InChI=1S/C24H15ClFNO4S2/c1-30-20-11-14(5-10-19(20)31-23(29)15-6-8-17(26)9-7-15)12-21-22(28)27(24(32)33-21)18-4-2-3-16(25)13-18/h2-13H,1H3. The van der Waals surface area contributed by atoms with Gasteiger partial charge in [0.15, 0.2) is 15.8 Å². The zero-order chi connectivity index (χ0) is 23.5. The van der Waals surface area contributed by atoms with Crippen molar-refractivity contribution in [3.05, 3.63) is 93.6 Å². The molecule has 1 aliphatic rings. The third-order valence-corrected chi connectivity index (χ3v) is 6.17. The lowest BCUT2D eigenvalue weighted by molar-refractivity contribution is -0.113. The predicted molar refractivity (Wildman–Crippen MR) is 131 cm³/mol. The molecule has 0 radical (unpaired) electrons.